The molecule has 3 aromatic rings. The third-order valence-electron chi connectivity index (χ3n) is 6.16. The van der Waals surface area contributed by atoms with Crippen molar-refractivity contribution >= 4 is 15.7 Å². The van der Waals surface area contributed by atoms with E-state index in [1.165, 1.54) is 16.8 Å². The first-order valence-corrected chi connectivity index (χ1v) is 13.0. The van der Waals surface area contributed by atoms with Crippen LogP contribution in [0.15, 0.2) is 52.2 Å². The van der Waals surface area contributed by atoms with Gasteiger partial charge in [0.2, 0.25) is 10.0 Å². The van der Waals surface area contributed by atoms with Crippen LogP contribution >= 0.6 is 0 Å². The molecule has 1 aliphatic rings. The Labute approximate surface area is 204 Å². The minimum absolute atomic E-state index is 0.192. The maximum atomic E-state index is 12.5. The zero-order chi connectivity index (χ0) is 25.5. The number of primary sulfonamides is 1. The lowest BCUT2D eigenvalue weighted by Gasteiger charge is -2.34. The number of benzene rings is 2. The molecule has 1 aliphatic heterocycles. The van der Waals surface area contributed by atoms with Gasteiger partial charge in [-0.2, -0.15) is 0 Å². The van der Waals surface area contributed by atoms with Crippen molar-refractivity contribution in [2.45, 2.75) is 44.9 Å². The molecule has 0 aliphatic carbocycles. The molecule has 0 unspecified atom stereocenters. The summed E-state index contributed by atoms with van der Waals surface area (Å²) in [5.41, 5.74) is 3.99. The summed E-state index contributed by atoms with van der Waals surface area (Å²) < 4.78 is 30.3. The number of hydrogen-bond donors (Lipinski definition) is 2. The van der Waals surface area contributed by atoms with Gasteiger partial charge in [-0.1, -0.05) is 39.0 Å². The molecule has 10 heteroatoms. The van der Waals surface area contributed by atoms with Crippen LogP contribution in [-0.4, -0.2) is 31.6 Å². The molecule has 0 saturated carbocycles. The van der Waals surface area contributed by atoms with E-state index >= 15 is 0 Å². The van der Waals surface area contributed by atoms with E-state index in [9.17, 15) is 18.0 Å². The predicted molar refractivity (Wildman–Crippen MR) is 136 cm³/mol. The molecule has 0 amide bonds. The molecule has 4 rings (SSSR count). The van der Waals surface area contributed by atoms with E-state index in [-0.39, 0.29) is 11.2 Å². The van der Waals surface area contributed by atoms with Crippen molar-refractivity contribution in [3.05, 3.63) is 85.7 Å². The Kier molecular flexibility index (Phi) is 6.37. The molecule has 1 aromatic heterocycles. The number of aromatic amines is 1. The average molecular weight is 499 g/mol. The van der Waals surface area contributed by atoms with Crippen molar-refractivity contribution in [1.29, 1.82) is 0 Å². The van der Waals surface area contributed by atoms with Gasteiger partial charge in [0.05, 0.1) is 24.2 Å². The summed E-state index contributed by atoms with van der Waals surface area (Å²) >= 11 is 0. The van der Waals surface area contributed by atoms with Crippen LogP contribution in [0.2, 0.25) is 0 Å². The molecular weight excluding hydrogens is 468 g/mol. The van der Waals surface area contributed by atoms with Gasteiger partial charge < -0.3 is 9.64 Å². The smallest absolute Gasteiger partial charge is 0.332 e. The van der Waals surface area contributed by atoms with Gasteiger partial charge in [-0.15, -0.1) is 0 Å². The summed E-state index contributed by atoms with van der Waals surface area (Å²) in [4.78, 5) is 28.6. The molecular formula is C25H30N4O5S. The molecule has 186 valence electrons. The van der Waals surface area contributed by atoms with Crippen LogP contribution in [0.5, 0.6) is 5.75 Å². The first-order valence-electron chi connectivity index (χ1n) is 11.3. The van der Waals surface area contributed by atoms with Crippen molar-refractivity contribution in [2.75, 3.05) is 18.6 Å². The summed E-state index contributed by atoms with van der Waals surface area (Å²) in [5, 5.41) is 5.21. The maximum Gasteiger partial charge on any atom is 0.332 e. The number of rotatable bonds is 5. The fourth-order valence-electron chi connectivity index (χ4n) is 4.50. The second-order valence-electron chi connectivity index (χ2n) is 9.86. The van der Waals surface area contributed by atoms with Crippen LogP contribution in [0.3, 0.4) is 0 Å². The SMILES string of the molecule is COc1c(N2CCc3cc(CS(N)(=O)=O)ccc3C2)cc(-n2ccc(=O)[nH]c2=O)cc1C(C)(C)C. The molecule has 2 heterocycles. The Hall–Kier alpha value is -3.37. The Balaban J connectivity index is 1.80. The molecule has 0 bridgehead atoms. The number of methoxy groups -OCH3 is 1. The van der Waals surface area contributed by atoms with Gasteiger partial charge in [-0.25, -0.2) is 18.4 Å². The lowest BCUT2D eigenvalue weighted by atomic mass is 9.85. The molecule has 2 aromatic carbocycles. The van der Waals surface area contributed by atoms with Crippen LogP contribution in [-0.2, 0) is 34.2 Å². The molecule has 0 radical (unpaired) electrons. The molecule has 0 spiro atoms. The van der Waals surface area contributed by atoms with Crippen LogP contribution in [0, 0.1) is 0 Å². The zero-order valence-electron chi connectivity index (χ0n) is 20.3. The number of aromatic nitrogens is 2. The standard InChI is InChI=1S/C25H30N4O5S/c1-25(2,3)20-12-19(29-10-8-22(30)27-24(29)31)13-21(23(20)34-4)28-9-7-17-11-16(15-35(26,32)33)5-6-18(17)14-28/h5-6,8,10-13H,7,9,14-15H2,1-4H3,(H2,26,32,33)(H,27,30,31). The predicted octanol–water partition coefficient (Wildman–Crippen LogP) is 2.18. The van der Waals surface area contributed by atoms with Crippen molar-refractivity contribution in [2.24, 2.45) is 5.14 Å². The lowest BCUT2D eigenvalue weighted by molar-refractivity contribution is 0.396. The third kappa shape index (κ3) is 5.33. The number of nitrogens with two attached hydrogens (primary N) is 1. The first-order chi connectivity index (χ1) is 16.4. The monoisotopic (exact) mass is 498 g/mol. The van der Waals surface area contributed by atoms with E-state index in [4.69, 9.17) is 9.88 Å². The van der Waals surface area contributed by atoms with E-state index in [2.05, 4.69) is 30.7 Å². The minimum atomic E-state index is -3.60. The van der Waals surface area contributed by atoms with Crippen molar-refractivity contribution < 1.29 is 13.2 Å². The van der Waals surface area contributed by atoms with Crippen molar-refractivity contribution in [3.63, 3.8) is 0 Å². The van der Waals surface area contributed by atoms with Gasteiger partial charge in [-0.05, 0) is 40.7 Å². The normalized spacial score (nSPS) is 14.0. The third-order valence-corrected chi connectivity index (χ3v) is 6.90. The molecule has 0 atom stereocenters. The number of hydrogen-bond acceptors (Lipinski definition) is 6. The van der Waals surface area contributed by atoms with E-state index in [0.717, 1.165) is 28.1 Å². The number of nitrogens with zero attached hydrogens (tertiary/aromatic N) is 2. The Morgan fingerprint density at radius 1 is 1.09 bits per heavy atom. The number of anilines is 1. The van der Waals surface area contributed by atoms with Gasteiger partial charge in [0.15, 0.2) is 0 Å². The van der Waals surface area contributed by atoms with Gasteiger partial charge in [0.25, 0.3) is 5.56 Å². The molecule has 0 fully saturated rings. The number of ether oxygens (including phenoxy) is 1. The highest BCUT2D eigenvalue weighted by molar-refractivity contribution is 7.88. The summed E-state index contributed by atoms with van der Waals surface area (Å²) in [6.45, 7) is 7.50. The fraction of sp³-hybridized carbons (Fsp3) is 0.360. The molecule has 0 saturated heterocycles. The zero-order valence-corrected chi connectivity index (χ0v) is 21.1. The van der Waals surface area contributed by atoms with Crippen LogP contribution in [0.25, 0.3) is 5.69 Å². The van der Waals surface area contributed by atoms with E-state index in [1.807, 2.05) is 24.3 Å². The first kappa shape index (κ1) is 24.7. The quantitative estimate of drug-likeness (QED) is 0.555. The largest absolute Gasteiger partial charge is 0.494 e. The number of H-pyrrole nitrogens is 1. The summed E-state index contributed by atoms with van der Waals surface area (Å²) in [5.74, 6) is 0.538. The molecule has 9 nitrogen and oxygen atoms in total. The minimum Gasteiger partial charge on any atom is -0.494 e. The van der Waals surface area contributed by atoms with E-state index in [0.29, 0.717) is 30.8 Å². The number of nitrogens with one attached hydrogen (secondary N) is 1. The van der Waals surface area contributed by atoms with Crippen LogP contribution in [0.4, 0.5) is 5.69 Å². The van der Waals surface area contributed by atoms with E-state index in [1.54, 1.807) is 13.2 Å². The van der Waals surface area contributed by atoms with Crippen molar-refractivity contribution in [1.82, 2.24) is 9.55 Å². The van der Waals surface area contributed by atoms with Gasteiger partial charge in [-0.3, -0.25) is 14.3 Å². The molecule has 3 N–H and O–H groups in total. The highest BCUT2D eigenvalue weighted by atomic mass is 32.2. The highest BCUT2D eigenvalue weighted by Gasteiger charge is 2.27. The Bertz CT molecular complexity index is 1500. The fourth-order valence-corrected chi connectivity index (χ4v) is 5.14. The van der Waals surface area contributed by atoms with Crippen LogP contribution < -0.4 is 26.0 Å². The average Bonchev–Trinajstić information content (AvgIpc) is 2.76. The second-order valence-corrected chi connectivity index (χ2v) is 11.5. The Morgan fingerprint density at radius 3 is 2.46 bits per heavy atom. The van der Waals surface area contributed by atoms with Gasteiger partial charge in [0.1, 0.15) is 5.75 Å². The molecule has 35 heavy (non-hydrogen) atoms. The van der Waals surface area contributed by atoms with Gasteiger partial charge in [0, 0.05) is 30.9 Å². The number of fused-ring (bicyclic) bond motifs is 1. The van der Waals surface area contributed by atoms with Crippen LogP contribution in [0.1, 0.15) is 43.0 Å². The maximum absolute atomic E-state index is 12.5. The van der Waals surface area contributed by atoms with Crippen molar-refractivity contribution in [3.8, 4) is 11.4 Å². The highest BCUT2D eigenvalue weighted by Crippen LogP contribution is 2.42. The summed E-state index contributed by atoms with van der Waals surface area (Å²) in [6, 6.07) is 10.8. The summed E-state index contributed by atoms with van der Waals surface area (Å²) in [7, 11) is -1.96. The second kappa shape index (κ2) is 9.01. The van der Waals surface area contributed by atoms with Gasteiger partial charge >= 0.3 is 5.69 Å². The topological polar surface area (TPSA) is 127 Å². The Morgan fingerprint density at radius 2 is 1.83 bits per heavy atom. The summed E-state index contributed by atoms with van der Waals surface area (Å²) in [6.07, 6.45) is 2.18. The number of sulfonamides is 1. The van der Waals surface area contributed by atoms with E-state index < -0.39 is 21.3 Å². The lowest BCUT2D eigenvalue weighted by Crippen LogP contribution is -2.32.